The van der Waals surface area contributed by atoms with Crippen LogP contribution < -0.4 is 11.1 Å². The molecule has 0 spiro atoms. The second-order valence-electron chi connectivity index (χ2n) is 3.49. The van der Waals surface area contributed by atoms with Gasteiger partial charge in [0.15, 0.2) is 0 Å². The highest BCUT2D eigenvalue weighted by molar-refractivity contribution is 5.76. The van der Waals surface area contributed by atoms with Crippen LogP contribution in [-0.2, 0) is 4.79 Å². The minimum absolute atomic E-state index is 0.217. The first-order valence-electron chi connectivity index (χ1n) is 4.79. The van der Waals surface area contributed by atoms with Crippen LogP contribution in [-0.4, -0.2) is 19.0 Å². The Balaban J connectivity index is 1.87. The van der Waals surface area contributed by atoms with E-state index < -0.39 is 0 Å². The summed E-state index contributed by atoms with van der Waals surface area (Å²) in [6.07, 6.45) is 5.24. The first-order chi connectivity index (χ1) is 5.83. The van der Waals surface area contributed by atoms with Gasteiger partial charge in [0.25, 0.3) is 0 Å². The lowest BCUT2D eigenvalue weighted by Crippen LogP contribution is -2.24. The summed E-state index contributed by atoms with van der Waals surface area (Å²) in [7, 11) is 0. The molecule has 0 heterocycles. The maximum Gasteiger partial charge on any atom is 0.220 e. The molecule has 0 bridgehead atoms. The van der Waals surface area contributed by atoms with E-state index in [1.807, 2.05) is 0 Å². The molecule has 0 atom stereocenters. The van der Waals surface area contributed by atoms with Crippen molar-refractivity contribution in [2.75, 3.05) is 13.1 Å². The fourth-order valence-corrected chi connectivity index (χ4v) is 1.15. The highest BCUT2D eigenvalue weighted by atomic mass is 16.1. The predicted octanol–water partition coefficient (Wildman–Crippen LogP) is 0.642. The Bertz CT molecular complexity index is 143. The zero-order valence-electron chi connectivity index (χ0n) is 7.51. The van der Waals surface area contributed by atoms with Crippen LogP contribution in [0.15, 0.2) is 0 Å². The molecule has 70 valence electrons. The molecule has 1 aliphatic rings. The molecule has 1 fully saturated rings. The number of hydrogen-bond acceptors (Lipinski definition) is 2. The van der Waals surface area contributed by atoms with Crippen LogP contribution in [0.1, 0.15) is 32.1 Å². The second-order valence-corrected chi connectivity index (χ2v) is 3.49. The van der Waals surface area contributed by atoms with Gasteiger partial charge in [-0.3, -0.25) is 4.79 Å². The van der Waals surface area contributed by atoms with Crippen LogP contribution in [0, 0.1) is 5.92 Å². The van der Waals surface area contributed by atoms with Gasteiger partial charge in [0.1, 0.15) is 0 Å². The number of carbonyl (C=O) groups excluding carboxylic acids is 1. The van der Waals surface area contributed by atoms with E-state index in [4.69, 9.17) is 5.73 Å². The molecule has 3 N–H and O–H groups in total. The van der Waals surface area contributed by atoms with Gasteiger partial charge in [-0.1, -0.05) is 0 Å². The van der Waals surface area contributed by atoms with E-state index in [0.29, 0.717) is 5.92 Å². The Morgan fingerprint density at radius 1 is 1.42 bits per heavy atom. The minimum Gasteiger partial charge on any atom is -0.356 e. The maximum absolute atomic E-state index is 11.1. The van der Waals surface area contributed by atoms with Gasteiger partial charge >= 0.3 is 0 Å². The number of unbranched alkanes of at least 4 members (excludes halogenated alkanes) is 1. The number of carbonyl (C=O) groups is 1. The van der Waals surface area contributed by atoms with Crippen LogP contribution in [0.3, 0.4) is 0 Å². The summed E-state index contributed by atoms with van der Waals surface area (Å²) >= 11 is 0. The normalized spacial score (nSPS) is 16.1. The van der Waals surface area contributed by atoms with Crippen molar-refractivity contribution >= 4 is 5.91 Å². The molecule has 12 heavy (non-hydrogen) atoms. The van der Waals surface area contributed by atoms with Crippen molar-refractivity contribution in [2.45, 2.75) is 32.1 Å². The largest absolute Gasteiger partial charge is 0.356 e. The van der Waals surface area contributed by atoms with Gasteiger partial charge in [-0.15, -0.1) is 0 Å². The van der Waals surface area contributed by atoms with E-state index in [1.165, 1.54) is 12.8 Å². The molecular weight excluding hydrogens is 152 g/mol. The molecule has 0 radical (unpaired) electrons. The topological polar surface area (TPSA) is 55.1 Å². The van der Waals surface area contributed by atoms with Crippen LogP contribution in [0.2, 0.25) is 0 Å². The maximum atomic E-state index is 11.1. The van der Waals surface area contributed by atoms with Crippen LogP contribution >= 0.6 is 0 Å². The second kappa shape index (κ2) is 5.14. The molecule has 1 amide bonds. The van der Waals surface area contributed by atoms with Gasteiger partial charge in [-0.05, 0) is 38.1 Å². The minimum atomic E-state index is 0.217. The summed E-state index contributed by atoms with van der Waals surface area (Å²) in [5, 5.41) is 2.89. The smallest absolute Gasteiger partial charge is 0.220 e. The van der Waals surface area contributed by atoms with Gasteiger partial charge < -0.3 is 11.1 Å². The van der Waals surface area contributed by atoms with E-state index in [0.717, 1.165) is 32.4 Å². The summed E-state index contributed by atoms with van der Waals surface area (Å²) in [6, 6.07) is 0. The van der Waals surface area contributed by atoms with Crippen LogP contribution in [0.4, 0.5) is 0 Å². The molecule has 1 rings (SSSR count). The molecule has 0 aromatic heterocycles. The molecular formula is C9H18N2O. The molecule has 3 nitrogen and oxygen atoms in total. The Kier molecular flexibility index (Phi) is 4.08. The fraction of sp³-hybridized carbons (Fsp3) is 0.889. The van der Waals surface area contributed by atoms with E-state index >= 15 is 0 Å². The first-order valence-corrected chi connectivity index (χ1v) is 4.79. The lowest BCUT2D eigenvalue weighted by atomic mass is 10.2. The number of rotatable bonds is 6. The van der Waals surface area contributed by atoms with Crippen LogP contribution in [0.25, 0.3) is 0 Å². The number of nitrogens with two attached hydrogens (primary N) is 1. The third-order valence-corrected chi connectivity index (χ3v) is 2.12. The average Bonchev–Trinajstić information content (AvgIpc) is 2.82. The van der Waals surface area contributed by atoms with E-state index in [-0.39, 0.29) is 5.91 Å². The van der Waals surface area contributed by atoms with Gasteiger partial charge in [-0.25, -0.2) is 0 Å². The van der Waals surface area contributed by atoms with E-state index in [2.05, 4.69) is 5.32 Å². The van der Waals surface area contributed by atoms with Gasteiger partial charge in [0, 0.05) is 13.0 Å². The highest BCUT2D eigenvalue weighted by Gasteiger charge is 2.23. The summed E-state index contributed by atoms with van der Waals surface area (Å²) in [5.74, 6) is 0.911. The molecule has 0 unspecified atom stereocenters. The molecule has 0 aromatic rings. The van der Waals surface area contributed by atoms with E-state index in [1.54, 1.807) is 0 Å². The predicted molar refractivity (Wildman–Crippen MR) is 48.6 cm³/mol. The van der Waals surface area contributed by atoms with Crippen molar-refractivity contribution in [1.82, 2.24) is 5.32 Å². The van der Waals surface area contributed by atoms with Gasteiger partial charge in [-0.2, -0.15) is 0 Å². The average molecular weight is 170 g/mol. The molecule has 0 aliphatic heterocycles. The summed E-state index contributed by atoms with van der Waals surface area (Å²) in [6.45, 7) is 1.52. The molecule has 0 aromatic carbocycles. The number of nitrogens with one attached hydrogen (secondary N) is 1. The third kappa shape index (κ3) is 4.34. The molecule has 1 saturated carbocycles. The number of hydrogen-bond donors (Lipinski definition) is 2. The van der Waals surface area contributed by atoms with Crippen molar-refractivity contribution in [3.63, 3.8) is 0 Å². The summed E-state index contributed by atoms with van der Waals surface area (Å²) < 4.78 is 0. The summed E-state index contributed by atoms with van der Waals surface area (Å²) in [5.41, 5.74) is 5.32. The Hall–Kier alpha value is -0.570. The fourth-order valence-electron chi connectivity index (χ4n) is 1.15. The Labute approximate surface area is 73.7 Å². The Morgan fingerprint density at radius 2 is 2.17 bits per heavy atom. The lowest BCUT2D eigenvalue weighted by Gasteiger charge is -2.02. The summed E-state index contributed by atoms with van der Waals surface area (Å²) in [4.78, 5) is 11.1. The van der Waals surface area contributed by atoms with Gasteiger partial charge in [0.05, 0.1) is 0 Å². The first kappa shape index (κ1) is 9.52. The molecule has 0 saturated heterocycles. The van der Waals surface area contributed by atoms with Crippen LogP contribution in [0.5, 0.6) is 0 Å². The van der Waals surface area contributed by atoms with Crippen molar-refractivity contribution in [3.05, 3.63) is 0 Å². The molecule has 3 heteroatoms. The highest BCUT2D eigenvalue weighted by Crippen LogP contribution is 2.31. The quantitative estimate of drug-likeness (QED) is 0.575. The zero-order chi connectivity index (χ0) is 8.81. The Morgan fingerprint density at radius 3 is 2.75 bits per heavy atom. The van der Waals surface area contributed by atoms with Crippen molar-refractivity contribution < 1.29 is 4.79 Å². The van der Waals surface area contributed by atoms with Gasteiger partial charge in [0.2, 0.25) is 5.91 Å². The standard InChI is InChI=1S/C9H18N2O/c10-5-1-2-6-11-9(12)7-8-3-4-8/h8H,1-7,10H2,(H,11,12). The zero-order valence-corrected chi connectivity index (χ0v) is 7.51. The lowest BCUT2D eigenvalue weighted by molar-refractivity contribution is -0.121. The van der Waals surface area contributed by atoms with E-state index in [9.17, 15) is 4.79 Å². The number of amides is 1. The monoisotopic (exact) mass is 170 g/mol. The molecule has 1 aliphatic carbocycles. The van der Waals surface area contributed by atoms with Crippen molar-refractivity contribution in [2.24, 2.45) is 11.7 Å². The van der Waals surface area contributed by atoms with Crippen molar-refractivity contribution in [1.29, 1.82) is 0 Å². The van der Waals surface area contributed by atoms with Crippen molar-refractivity contribution in [3.8, 4) is 0 Å². The third-order valence-electron chi connectivity index (χ3n) is 2.12. The SMILES string of the molecule is NCCCCNC(=O)CC1CC1.